The van der Waals surface area contributed by atoms with Crippen molar-refractivity contribution in [2.45, 2.75) is 25.5 Å². The molecule has 0 amide bonds. The van der Waals surface area contributed by atoms with E-state index < -0.39 is 0 Å². The van der Waals surface area contributed by atoms with Crippen LogP contribution in [0.4, 0.5) is 0 Å². The molecule has 1 saturated heterocycles. The van der Waals surface area contributed by atoms with E-state index in [0.717, 1.165) is 19.5 Å². The summed E-state index contributed by atoms with van der Waals surface area (Å²) in [6.07, 6.45) is 0.655. The molecule has 0 aromatic carbocycles. The number of hydrogen-bond acceptors (Lipinski definition) is 4. The second-order valence-corrected chi connectivity index (χ2v) is 4.30. The number of aliphatic hydroxyl groups is 1. The highest BCUT2D eigenvalue weighted by molar-refractivity contribution is 4.81. The molecule has 1 aliphatic rings. The second-order valence-electron chi connectivity index (χ2n) is 4.30. The Morgan fingerprint density at radius 2 is 2.36 bits per heavy atom. The van der Waals surface area contributed by atoms with Crippen molar-refractivity contribution in [3.05, 3.63) is 0 Å². The van der Waals surface area contributed by atoms with E-state index in [1.165, 1.54) is 0 Å². The molecule has 0 radical (unpaired) electrons. The largest absolute Gasteiger partial charge is 0.389 e. The maximum Gasteiger partial charge on any atom is 0.0900 e. The minimum atomic E-state index is -0.374. The summed E-state index contributed by atoms with van der Waals surface area (Å²) in [5.41, 5.74) is 5.92. The Kier molecular flexibility index (Phi) is 4.81. The summed E-state index contributed by atoms with van der Waals surface area (Å²) in [4.78, 5) is 2.26. The van der Waals surface area contributed by atoms with Crippen LogP contribution in [0.3, 0.4) is 0 Å². The van der Waals surface area contributed by atoms with Crippen LogP contribution in [0, 0.1) is 5.92 Å². The fourth-order valence-electron chi connectivity index (χ4n) is 1.96. The van der Waals surface area contributed by atoms with Crippen LogP contribution in [0.2, 0.25) is 0 Å². The number of likely N-dealkylation sites (tertiary alicyclic amines) is 1. The fraction of sp³-hybridized carbons (Fsp3) is 1.00. The summed E-state index contributed by atoms with van der Waals surface area (Å²) in [5.74, 6) is 0.526. The van der Waals surface area contributed by atoms with Crippen molar-refractivity contribution in [3.63, 3.8) is 0 Å². The maximum atomic E-state index is 9.56. The van der Waals surface area contributed by atoms with E-state index in [2.05, 4.69) is 11.8 Å². The van der Waals surface area contributed by atoms with E-state index in [1.54, 1.807) is 7.11 Å². The number of piperidine rings is 1. The summed E-state index contributed by atoms with van der Waals surface area (Å²) in [6.45, 7) is 5.26. The molecule has 1 fully saturated rings. The third-order valence-electron chi connectivity index (χ3n) is 2.88. The maximum absolute atomic E-state index is 9.56. The van der Waals surface area contributed by atoms with E-state index in [0.29, 0.717) is 25.1 Å². The predicted molar refractivity (Wildman–Crippen MR) is 56.1 cm³/mol. The monoisotopic (exact) mass is 202 g/mol. The first-order valence-electron chi connectivity index (χ1n) is 5.28. The zero-order valence-corrected chi connectivity index (χ0v) is 9.15. The number of rotatable bonds is 4. The lowest BCUT2D eigenvalue weighted by molar-refractivity contribution is 0.0259. The first-order valence-corrected chi connectivity index (χ1v) is 5.28. The molecule has 0 saturated carbocycles. The van der Waals surface area contributed by atoms with Crippen LogP contribution < -0.4 is 5.73 Å². The van der Waals surface area contributed by atoms with Crippen LogP contribution in [0.25, 0.3) is 0 Å². The molecule has 3 N–H and O–H groups in total. The van der Waals surface area contributed by atoms with E-state index in [4.69, 9.17) is 10.5 Å². The lowest BCUT2D eigenvalue weighted by Gasteiger charge is -2.35. The Hall–Kier alpha value is -0.160. The van der Waals surface area contributed by atoms with Crippen LogP contribution in [0.5, 0.6) is 0 Å². The predicted octanol–water partition coefficient (Wildman–Crippen LogP) is -0.337. The lowest BCUT2D eigenvalue weighted by Crippen LogP contribution is -2.48. The SMILES string of the molecule is COCC(O)CN1CCC(N)C(C)C1. The van der Waals surface area contributed by atoms with Crippen LogP contribution in [0.15, 0.2) is 0 Å². The van der Waals surface area contributed by atoms with Crippen molar-refractivity contribution in [3.8, 4) is 0 Å². The summed E-state index contributed by atoms with van der Waals surface area (Å²) in [5, 5.41) is 9.56. The first-order chi connectivity index (χ1) is 6.63. The molecule has 1 heterocycles. The smallest absolute Gasteiger partial charge is 0.0900 e. The van der Waals surface area contributed by atoms with Gasteiger partial charge < -0.3 is 20.5 Å². The minimum absolute atomic E-state index is 0.325. The Bertz CT molecular complexity index is 166. The normalized spacial score (nSPS) is 31.7. The summed E-state index contributed by atoms with van der Waals surface area (Å²) < 4.78 is 4.89. The Morgan fingerprint density at radius 1 is 1.64 bits per heavy atom. The average molecular weight is 202 g/mol. The van der Waals surface area contributed by atoms with Crippen molar-refractivity contribution >= 4 is 0 Å². The van der Waals surface area contributed by atoms with Gasteiger partial charge in [0.1, 0.15) is 0 Å². The Labute approximate surface area is 86.0 Å². The number of nitrogens with two attached hydrogens (primary N) is 1. The quantitative estimate of drug-likeness (QED) is 0.655. The molecule has 3 unspecified atom stereocenters. The molecule has 84 valence electrons. The molecule has 0 aliphatic carbocycles. The van der Waals surface area contributed by atoms with Crippen LogP contribution in [-0.4, -0.2) is 55.5 Å². The lowest BCUT2D eigenvalue weighted by atomic mass is 9.95. The zero-order chi connectivity index (χ0) is 10.6. The van der Waals surface area contributed by atoms with E-state index in [9.17, 15) is 5.11 Å². The molecule has 0 spiro atoms. The topological polar surface area (TPSA) is 58.7 Å². The van der Waals surface area contributed by atoms with Crippen molar-refractivity contribution in [2.24, 2.45) is 11.7 Å². The minimum Gasteiger partial charge on any atom is -0.389 e. The second kappa shape index (κ2) is 5.66. The van der Waals surface area contributed by atoms with Gasteiger partial charge in [-0.15, -0.1) is 0 Å². The van der Waals surface area contributed by atoms with Gasteiger partial charge in [0, 0.05) is 26.2 Å². The van der Waals surface area contributed by atoms with Gasteiger partial charge in [-0.25, -0.2) is 0 Å². The fourth-order valence-corrected chi connectivity index (χ4v) is 1.96. The first kappa shape index (κ1) is 11.9. The molecule has 0 aromatic heterocycles. The van der Waals surface area contributed by atoms with E-state index >= 15 is 0 Å². The van der Waals surface area contributed by atoms with Crippen molar-refractivity contribution in [1.82, 2.24) is 4.90 Å². The number of hydrogen-bond donors (Lipinski definition) is 2. The highest BCUT2D eigenvalue weighted by Crippen LogP contribution is 2.14. The standard InChI is InChI=1S/C10H22N2O2/c1-8-5-12(4-3-10(8)11)6-9(13)7-14-2/h8-10,13H,3-7,11H2,1-2H3. The molecule has 4 heteroatoms. The molecule has 0 aromatic rings. The molecule has 3 atom stereocenters. The number of ether oxygens (including phenoxy) is 1. The number of nitrogens with zero attached hydrogens (tertiary/aromatic N) is 1. The van der Waals surface area contributed by atoms with Crippen LogP contribution in [-0.2, 0) is 4.74 Å². The summed E-state index contributed by atoms with van der Waals surface area (Å²) >= 11 is 0. The molecule has 14 heavy (non-hydrogen) atoms. The van der Waals surface area contributed by atoms with Crippen molar-refractivity contribution in [1.29, 1.82) is 0 Å². The number of methoxy groups -OCH3 is 1. The van der Waals surface area contributed by atoms with Crippen LogP contribution in [0.1, 0.15) is 13.3 Å². The highest BCUT2D eigenvalue weighted by Gasteiger charge is 2.24. The van der Waals surface area contributed by atoms with Gasteiger partial charge in [0.05, 0.1) is 12.7 Å². The zero-order valence-electron chi connectivity index (χ0n) is 9.15. The molecular formula is C10H22N2O2. The van der Waals surface area contributed by atoms with Gasteiger partial charge >= 0.3 is 0 Å². The number of aliphatic hydroxyl groups excluding tert-OH is 1. The highest BCUT2D eigenvalue weighted by atomic mass is 16.5. The van der Waals surface area contributed by atoms with Crippen molar-refractivity contribution < 1.29 is 9.84 Å². The number of β-amino-alcohol motifs (C(OH)–C–C–N with tert-alkyl or cyclic N) is 1. The van der Waals surface area contributed by atoms with Gasteiger partial charge in [-0.1, -0.05) is 6.92 Å². The Balaban J connectivity index is 2.25. The van der Waals surface area contributed by atoms with Gasteiger partial charge in [0.2, 0.25) is 0 Å². The van der Waals surface area contributed by atoms with Gasteiger partial charge in [-0.2, -0.15) is 0 Å². The van der Waals surface area contributed by atoms with Gasteiger partial charge in [-0.3, -0.25) is 0 Å². The summed E-state index contributed by atoms with van der Waals surface area (Å²) in [6, 6.07) is 0.325. The third kappa shape index (κ3) is 3.53. The molecule has 1 rings (SSSR count). The Morgan fingerprint density at radius 3 is 2.93 bits per heavy atom. The molecule has 4 nitrogen and oxygen atoms in total. The summed E-state index contributed by atoms with van der Waals surface area (Å²) in [7, 11) is 1.61. The van der Waals surface area contributed by atoms with E-state index in [1.807, 2.05) is 0 Å². The van der Waals surface area contributed by atoms with Gasteiger partial charge in [0.25, 0.3) is 0 Å². The van der Waals surface area contributed by atoms with Crippen LogP contribution >= 0.6 is 0 Å². The molecule has 0 bridgehead atoms. The molecular weight excluding hydrogens is 180 g/mol. The molecule has 1 aliphatic heterocycles. The average Bonchev–Trinajstić information content (AvgIpc) is 2.12. The van der Waals surface area contributed by atoms with Gasteiger partial charge in [-0.05, 0) is 18.9 Å². The van der Waals surface area contributed by atoms with E-state index in [-0.39, 0.29) is 6.10 Å². The van der Waals surface area contributed by atoms with Gasteiger partial charge in [0.15, 0.2) is 0 Å². The van der Waals surface area contributed by atoms with Crippen molar-refractivity contribution in [2.75, 3.05) is 33.4 Å². The third-order valence-corrected chi connectivity index (χ3v) is 2.88.